The van der Waals surface area contributed by atoms with Crippen molar-refractivity contribution in [3.63, 3.8) is 0 Å². The van der Waals surface area contributed by atoms with Crippen molar-refractivity contribution in [1.29, 1.82) is 0 Å². The van der Waals surface area contributed by atoms with E-state index < -0.39 is 21.7 Å². The molecule has 1 aromatic rings. The highest BCUT2D eigenvalue weighted by molar-refractivity contribution is 7.85. The first-order valence-corrected chi connectivity index (χ1v) is 8.97. The van der Waals surface area contributed by atoms with E-state index in [9.17, 15) is 19.1 Å². The van der Waals surface area contributed by atoms with Crippen LogP contribution >= 0.6 is 0 Å². The minimum Gasteiger partial charge on any atom is -0.466 e. The molecular formula is C16H20N2O5S. The molecule has 1 aromatic carbocycles. The second-order valence-electron chi connectivity index (χ2n) is 5.53. The standard InChI is InChI=1S/C16H20N2O5S/c1-12-7-8-17(9-10-24(12)22)14-5-3-13(4-6-16(19)23-2)11-15(14)18(20)21/h3-6,11-12H,7-10H2,1-2H3. The average Bonchev–Trinajstić information content (AvgIpc) is 2.74. The Morgan fingerprint density at radius 2 is 2.21 bits per heavy atom. The van der Waals surface area contributed by atoms with Crippen LogP contribution in [0.2, 0.25) is 0 Å². The van der Waals surface area contributed by atoms with Crippen molar-refractivity contribution < 1.29 is 18.7 Å². The Hall–Kier alpha value is -2.22. The Balaban J connectivity index is 2.30. The van der Waals surface area contributed by atoms with Crippen molar-refractivity contribution in [2.75, 3.05) is 30.9 Å². The Morgan fingerprint density at radius 3 is 2.88 bits per heavy atom. The number of carbonyl (C=O) groups excluding carboxylic acids is 1. The van der Waals surface area contributed by atoms with Gasteiger partial charge in [0.2, 0.25) is 0 Å². The predicted molar refractivity (Wildman–Crippen MR) is 93.4 cm³/mol. The summed E-state index contributed by atoms with van der Waals surface area (Å²) in [6, 6.07) is 4.82. The lowest BCUT2D eigenvalue weighted by molar-refractivity contribution is -0.384. The number of nitrogens with zero attached hydrogens (tertiary/aromatic N) is 2. The lowest BCUT2D eigenvalue weighted by Gasteiger charge is -2.22. The third kappa shape index (κ3) is 4.41. The maximum absolute atomic E-state index is 11.9. The number of carbonyl (C=O) groups is 1. The lowest BCUT2D eigenvalue weighted by Crippen LogP contribution is -2.26. The molecule has 1 saturated heterocycles. The smallest absolute Gasteiger partial charge is 0.330 e. The maximum Gasteiger partial charge on any atom is 0.330 e. The van der Waals surface area contributed by atoms with Gasteiger partial charge in [0.15, 0.2) is 0 Å². The van der Waals surface area contributed by atoms with Crippen LogP contribution in [-0.4, -0.2) is 46.3 Å². The highest BCUT2D eigenvalue weighted by Gasteiger charge is 2.24. The van der Waals surface area contributed by atoms with E-state index in [4.69, 9.17) is 0 Å². The molecule has 24 heavy (non-hydrogen) atoms. The molecular weight excluding hydrogens is 332 g/mol. The van der Waals surface area contributed by atoms with E-state index in [1.54, 1.807) is 12.1 Å². The first-order chi connectivity index (χ1) is 11.4. The minimum atomic E-state index is -0.902. The number of hydrogen-bond donors (Lipinski definition) is 0. The second kappa shape index (κ2) is 8.05. The number of anilines is 1. The fourth-order valence-electron chi connectivity index (χ4n) is 2.51. The van der Waals surface area contributed by atoms with Gasteiger partial charge in [-0.3, -0.25) is 14.3 Å². The largest absolute Gasteiger partial charge is 0.466 e. The Morgan fingerprint density at radius 1 is 1.46 bits per heavy atom. The van der Waals surface area contributed by atoms with E-state index in [1.807, 2.05) is 11.8 Å². The van der Waals surface area contributed by atoms with Gasteiger partial charge >= 0.3 is 5.97 Å². The summed E-state index contributed by atoms with van der Waals surface area (Å²) < 4.78 is 16.4. The van der Waals surface area contributed by atoms with E-state index in [0.29, 0.717) is 30.1 Å². The molecule has 130 valence electrons. The highest BCUT2D eigenvalue weighted by Crippen LogP contribution is 2.31. The summed E-state index contributed by atoms with van der Waals surface area (Å²) in [5.41, 5.74) is 1.03. The van der Waals surface area contributed by atoms with Crippen molar-refractivity contribution >= 4 is 34.2 Å². The van der Waals surface area contributed by atoms with Crippen LogP contribution in [0.4, 0.5) is 11.4 Å². The van der Waals surface area contributed by atoms with Crippen LogP contribution in [0.5, 0.6) is 0 Å². The third-order valence-corrected chi connectivity index (χ3v) is 5.68. The Kier molecular flexibility index (Phi) is 6.08. The predicted octanol–water partition coefficient (Wildman–Crippen LogP) is 2.13. The molecule has 0 amide bonds. The summed E-state index contributed by atoms with van der Waals surface area (Å²) in [5.74, 6) is -0.0202. The SMILES string of the molecule is COC(=O)C=Cc1ccc(N2CCC(C)S(=O)CC2)c([N+](=O)[O-])c1. The van der Waals surface area contributed by atoms with Crippen LogP contribution in [0.15, 0.2) is 24.3 Å². The van der Waals surface area contributed by atoms with Gasteiger partial charge in [0, 0.05) is 47.0 Å². The van der Waals surface area contributed by atoms with Gasteiger partial charge in [-0.1, -0.05) is 13.0 Å². The Bertz CT molecular complexity index is 689. The molecule has 1 heterocycles. The van der Waals surface area contributed by atoms with Crippen LogP contribution in [0.1, 0.15) is 18.9 Å². The topological polar surface area (TPSA) is 89.8 Å². The van der Waals surface area contributed by atoms with E-state index in [-0.39, 0.29) is 10.9 Å². The van der Waals surface area contributed by atoms with Crippen molar-refractivity contribution in [1.82, 2.24) is 0 Å². The number of ether oxygens (including phenoxy) is 1. The van der Waals surface area contributed by atoms with Crippen molar-refractivity contribution in [2.24, 2.45) is 0 Å². The van der Waals surface area contributed by atoms with Crippen molar-refractivity contribution in [3.8, 4) is 0 Å². The monoisotopic (exact) mass is 352 g/mol. The lowest BCUT2D eigenvalue weighted by atomic mass is 10.1. The van der Waals surface area contributed by atoms with Gasteiger partial charge in [0.1, 0.15) is 5.69 Å². The number of nitro benzene ring substituents is 1. The van der Waals surface area contributed by atoms with Gasteiger partial charge in [-0.05, 0) is 24.1 Å². The van der Waals surface area contributed by atoms with E-state index in [0.717, 1.165) is 6.42 Å². The third-order valence-electron chi connectivity index (χ3n) is 3.97. The molecule has 1 aliphatic rings. The molecule has 8 heteroatoms. The van der Waals surface area contributed by atoms with Gasteiger partial charge in [-0.2, -0.15) is 0 Å². The number of rotatable bonds is 4. The summed E-state index contributed by atoms with van der Waals surface area (Å²) in [6.07, 6.45) is 3.42. The summed E-state index contributed by atoms with van der Waals surface area (Å²) in [4.78, 5) is 24.0. The van der Waals surface area contributed by atoms with Gasteiger partial charge in [-0.15, -0.1) is 0 Å². The zero-order valence-corrected chi connectivity index (χ0v) is 14.5. The van der Waals surface area contributed by atoms with Gasteiger partial charge < -0.3 is 9.64 Å². The fraction of sp³-hybridized carbons (Fsp3) is 0.438. The number of hydrogen-bond acceptors (Lipinski definition) is 6. The van der Waals surface area contributed by atoms with Crippen LogP contribution in [0.25, 0.3) is 6.08 Å². The highest BCUT2D eigenvalue weighted by atomic mass is 32.2. The summed E-state index contributed by atoms with van der Waals surface area (Å²) in [5, 5.41) is 11.5. The summed E-state index contributed by atoms with van der Waals surface area (Å²) in [6.45, 7) is 3.09. The van der Waals surface area contributed by atoms with Gasteiger partial charge in [0.25, 0.3) is 5.69 Å². The fourth-order valence-corrected chi connectivity index (χ4v) is 3.68. The number of benzene rings is 1. The normalized spacial score (nSPS) is 21.5. The average molecular weight is 352 g/mol. The summed E-state index contributed by atoms with van der Waals surface area (Å²) in [7, 11) is 0.364. The first-order valence-electron chi connectivity index (χ1n) is 7.59. The van der Waals surface area contributed by atoms with Crippen LogP contribution in [0, 0.1) is 10.1 Å². The zero-order valence-electron chi connectivity index (χ0n) is 13.6. The molecule has 0 aromatic heterocycles. The Labute approximate surface area is 142 Å². The minimum absolute atomic E-state index is 0.0256. The molecule has 0 saturated carbocycles. The van der Waals surface area contributed by atoms with E-state index >= 15 is 0 Å². The second-order valence-corrected chi connectivity index (χ2v) is 7.51. The molecule has 0 spiro atoms. The number of esters is 1. The van der Waals surface area contributed by atoms with Crippen LogP contribution < -0.4 is 4.90 Å². The van der Waals surface area contributed by atoms with Crippen LogP contribution in [0.3, 0.4) is 0 Å². The number of nitro groups is 1. The summed E-state index contributed by atoms with van der Waals surface area (Å²) >= 11 is 0. The quantitative estimate of drug-likeness (QED) is 0.357. The first kappa shape index (κ1) is 18.1. The van der Waals surface area contributed by atoms with Gasteiger partial charge in [-0.25, -0.2) is 4.79 Å². The molecule has 0 aliphatic carbocycles. The van der Waals surface area contributed by atoms with Crippen molar-refractivity contribution in [2.45, 2.75) is 18.6 Å². The molecule has 0 N–H and O–H groups in total. The van der Waals surface area contributed by atoms with Crippen molar-refractivity contribution in [3.05, 3.63) is 40.0 Å². The molecule has 0 radical (unpaired) electrons. The van der Waals surface area contributed by atoms with E-state index in [1.165, 1.54) is 25.3 Å². The number of methoxy groups -OCH3 is 1. The van der Waals surface area contributed by atoms with Gasteiger partial charge in [0.05, 0.1) is 12.0 Å². The molecule has 0 bridgehead atoms. The van der Waals surface area contributed by atoms with E-state index in [2.05, 4.69) is 4.74 Å². The molecule has 2 rings (SSSR count). The molecule has 1 aliphatic heterocycles. The molecule has 7 nitrogen and oxygen atoms in total. The maximum atomic E-state index is 11.9. The van der Waals surface area contributed by atoms with Crippen LogP contribution in [-0.2, 0) is 20.3 Å². The molecule has 2 unspecified atom stereocenters. The molecule has 1 fully saturated rings. The molecule has 2 atom stereocenters. The zero-order chi connectivity index (χ0) is 17.7.